The van der Waals surface area contributed by atoms with Gasteiger partial charge in [-0.05, 0) is 45.1 Å². The van der Waals surface area contributed by atoms with Gasteiger partial charge in [0.05, 0.1) is 12.6 Å². The van der Waals surface area contributed by atoms with Gasteiger partial charge in [0.2, 0.25) is 5.91 Å². The summed E-state index contributed by atoms with van der Waals surface area (Å²) in [5, 5.41) is 7.38. The van der Waals surface area contributed by atoms with Crippen LogP contribution in [0.3, 0.4) is 0 Å². The van der Waals surface area contributed by atoms with Crippen molar-refractivity contribution in [3.63, 3.8) is 0 Å². The fraction of sp³-hybridized carbons (Fsp3) is 0.765. The first kappa shape index (κ1) is 15.5. The largest absolute Gasteiger partial charge is 0.361 e. The van der Waals surface area contributed by atoms with E-state index in [1.54, 1.807) is 0 Å². The van der Waals surface area contributed by atoms with Gasteiger partial charge >= 0.3 is 0 Å². The third-order valence-corrected chi connectivity index (χ3v) is 5.16. The number of amides is 1. The predicted molar refractivity (Wildman–Crippen MR) is 84.4 cm³/mol. The van der Waals surface area contributed by atoms with E-state index in [1.807, 2.05) is 13.0 Å². The SMILES string of the molecule is Cc1cc([C@@H]2CCCN2CC(=O)N[C@H]2CCCC[C@H]2C)no1. The van der Waals surface area contributed by atoms with Gasteiger partial charge in [-0.25, -0.2) is 0 Å². The number of carbonyl (C=O) groups is 1. The molecule has 2 fully saturated rings. The minimum atomic E-state index is 0.158. The van der Waals surface area contributed by atoms with Gasteiger partial charge in [-0.3, -0.25) is 9.69 Å². The molecule has 0 radical (unpaired) electrons. The maximum absolute atomic E-state index is 12.4. The minimum absolute atomic E-state index is 0.158. The molecule has 1 aliphatic heterocycles. The van der Waals surface area contributed by atoms with Crippen LogP contribution in [0.15, 0.2) is 10.6 Å². The smallest absolute Gasteiger partial charge is 0.234 e. The number of aromatic nitrogens is 1. The maximum atomic E-state index is 12.4. The van der Waals surface area contributed by atoms with E-state index in [9.17, 15) is 4.79 Å². The highest BCUT2D eigenvalue weighted by atomic mass is 16.5. The standard InChI is InChI=1S/C17H27N3O2/c1-12-6-3-4-7-14(12)18-17(21)11-20-9-5-8-16(20)15-10-13(2)22-19-15/h10,12,14,16H,3-9,11H2,1-2H3,(H,18,21)/t12-,14+,16+/m1/s1. The Hall–Kier alpha value is -1.36. The van der Waals surface area contributed by atoms with E-state index in [0.717, 1.165) is 37.3 Å². The average Bonchev–Trinajstić information content (AvgIpc) is 3.10. The summed E-state index contributed by atoms with van der Waals surface area (Å²) in [4.78, 5) is 14.6. The van der Waals surface area contributed by atoms with Crippen molar-refractivity contribution < 1.29 is 9.32 Å². The van der Waals surface area contributed by atoms with E-state index in [1.165, 1.54) is 19.3 Å². The molecular weight excluding hydrogens is 278 g/mol. The second-order valence-corrected chi connectivity index (χ2v) is 6.93. The van der Waals surface area contributed by atoms with Gasteiger partial charge < -0.3 is 9.84 Å². The summed E-state index contributed by atoms with van der Waals surface area (Å²) in [6.07, 6.45) is 7.06. The van der Waals surface area contributed by atoms with Crippen LogP contribution in [0, 0.1) is 12.8 Å². The Morgan fingerprint density at radius 3 is 2.91 bits per heavy atom. The molecular formula is C17H27N3O2. The number of likely N-dealkylation sites (tertiary alicyclic amines) is 1. The molecule has 1 aliphatic carbocycles. The van der Waals surface area contributed by atoms with Crippen molar-refractivity contribution in [1.29, 1.82) is 0 Å². The van der Waals surface area contributed by atoms with Crippen LogP contribution in [0.25, 0.3) is 0 Å². The lowest BCUT2D eigenvalue weighted by atomic mass is 9.86. The van der Waals surface area contributed by atoms with Gasteiger partial charge in [-0.2, -0.15) is 0 Å². The third kappa shape index (κ3) is 3.51. The molecule has 1 N–H and O–H groups in total. The Balaban J connectivity index is 1.56. The average molecular weight is 305 g/mol. The van der Waals surface area contributed by atoms with E-state index in [0.29, 0.717) is 18.5 Å². The van der Waals surface area contributed by atoms with Crippen LogP contribution in [-0.2, 0) is 4.79 Å². The predicted octanol–water partition coefficient (Wildman–Crippen LogP) is 2.81. The van der Waals surface area contributed by atoms with Crippen molar-refractivity contribution in [3.8, 4) is 0 Å². The number of hydrogen-bond donors (Lipinski definition) is 1. The van der Waals surface area contributed by atoms with E-state index in [4.69, 9.17) is 4.52 Å². The van der Waals surface area contributed by atoms with Crippen LogP contribution >= 0.6 is 0 Å². The maximum Gasteiger partial charge on any atom is 0.234 e. The van der Waals surface area contributed by atoms with Crippen molar-refractivity contribution in [2.24, 2.45) is 5.92 Å². The van der Waals surface area contributed by atoms with Crippen LogP contribution in [0.2, 0.25) is 0 Å². The van der Waals surface area contributed by atoms with Gasteiger partial charge in [0.15, 0.2) is 0 Å². The van der Waals surface area contributed by atoms with Crippen molar-refractivity contribution in [3.05, 3.63) is 17.5 Å². The lowest BCUT2D eigenvalue weighted by molar-refractivity contribution is -0.123. The van der Waals surface area contributed by atoms with Gasteiger partial charge in [-0.1, -0.05) is 24.9 Å². The highest BCUT2D eigenvalue weighted by Crippen LogP contribution is 2.31. The highest BCUT2D eigenvalue weighted by molar-refractivity contribution is 5.78. The molecule has 3 rings (SSSR count). The van der Waals surface area contributed by atoms with Gasteiger partial charge in [-0.15, -0.1) is 0 Å². The summed E-state index contributed by atoms with van der Waals surface area (Å²) in [5.74, 6) is 1.60. The molecule has 0 spiro atoms. The first-order valence-electron chi connectivity index (χ1n) is 8.60. The minimum Gasteiger partial charge on any atom is -0.361 e. The molecule has 5 heteroatoms. The van der Waals surface area contributed by atoms with Crippen LogP contribution in [-0.4, -0.2) is 35.1 Å². The molecule has 1 amide bonds. The Labute approximate surface area is 132 Å². The van der Waals surface area contributed by atoms with E-state index < -0.39 is 0 Å². The zero-order valence-electron chi connectivity index (χ0n) is 13.7. The molecule has 2 aliphatic rings. The molecule has 1 saturated heterocycles. The molecule has 3 atom stereocenters. The van der Waals surface area contributed by atoms with Gasteiger partial charge in [0.25, 0.3) is 0 Å². The van der Waals surface area contributed by atoms with Crippen molar-refractivity contribution in [1.82, 2.24) is 15.4 Å². The summed E-state index contributed by atoms with van der Waals surface area (Å²) in [6.45, 7) is 5.60. The summed E-state index contributed by atoms with van der Waals surface area (Å²) in [5.41, 5.74) is 0.967. The summed E-state index contributed by atoms with van der Waals surface area (Å²) < 4.78 is 5.19. The molecule has 1 aromatic heterocycles. The zero-order chi connectivity index (χ0) is 15.5. The Kier molecular flexibility index (Phi) is 4.81. The van der Waals surface area contributed by atoms with Crippen LogP contribution in [0.1, 0.15) is 62.9 Å². The summed E-state index contributed by atoms with van der Waals surface area (Å²) >= 11 is 0. The third-order valence-electron chi connectivity index (χ3n) is 5.16. The van der Waals surface area contributed by atoms with Crippen molar-refractivity contribution in [2.75, 3.05) is 13.1 Å². The first-order valence-corrected chi connectivity index (χ1v) is 8.60. The van der Waals surface area contributed by atoms with E-state index in [-0.39, 0.29) is 11.9 Å². The van der Waals surface area contributed by atoms with Crippen molar-refractivity contribution in [2.45, 2.75) is 64.5 Å². The lowest BCUT2D eigenvalue weighted by Gasteiger charge is -2.30. The number of carbonyl (C=O) groups excluding carboxylic acids is 1. The first-order chi connectivity index (χ1) is 10.6. The lowest BCUT2D eigenvalue weighted by Crippen LogP contribution is -2.45. The number of hydrogen-bond acceptors (Lipinski definition) is 4. The molecule has 5 nitrogen and oxygen atoms in total. The Morgan fingerprint density at radius 2 is 2.18 bits per heavy atom. The number of nitrogens with zero attached hydrogens (tertiary/aromatic N) is 2. The van der Waals surface area contributed by atoms with E-state index in [2.05, 4.69) is 22.3 Å². The quantitative estimate of drug-likeness (QED) is 0.929. The molecule has 1 saturated carbocycles. The summed E-state index contributed by atoms with van der Waals surface area (Å²) in [6, 6.07) is 2.58. The number of nitrogens with one attached hydrogen (secondary N) is 1. The van der Waals surface area contributed by atoms with Gasteiger partial charge in [0, 0.05) is 12.1 Å². The number of rotatable bonds is 4. The molecule has 0 bridgehead atoms. The summed E-state index contributed by atoms with van der Waals surface area (Å²) in [7, 11) is 0. The zero-order valence-corrected chi connectivity index (χ0v) is 13.7. The molecule has 0 aromatic carbocycles. The molecule has 22 heavy (non-hydrogen) atoms. The molecule has 2 heterocycles. The van der Waals surface area contributed by atoms with Crippen molar-refractivity contribution >= 4 is 5.91 Å². The normalized spacial score (nSPS) is 29.6. The Morgan fingerprint density at radius 1 is 1.36 bits per heavy atom. The van der Waals surface area contributed by atoms with E-state index >= 15 is 0 Å². The molecule has 1 aromatic rings. The molecule has 0 unspecified atom stereocenters. The second-order valence-electron chi connectivity index (χ2n) is 6.93. The number of aryl methyl sites for hydroxylation is 1. The van der Waals surface area contributed by atoms with Crippen LogP contribution < -0.4 is 5.32 Å². The highest BCUT2D eigenvalue weighted by Gasteiger charge is 2.31. The monoisotopic (exact) mass is 305 g/mol. The fourth-order valence-electron chi connectivity index (χ4n) is 3.86. The van der Waals surface area contributed by atoms with Crippen LogP contribution in [0.4, 0.5) is 0 Å². The molecule has 122 valence electrons. The topological polar surface area (TPSA) is 58.4 Å². The Bertz CT molecular complexity index is 514. The van der Waals surface area contributed by atoms with Crippen LogP contribution in [0.5, 0.6) is 0 Å². The second kappa shape index (κ2) is 6.82. The fourth-order valence-corrected chi connectivity index (χ4v) is 3.86. The van der Waals surface area contributed by atoms with Gasteiger partial charge in [0.1, 0.15) is 11.5 Å².